The van der Waals surface area contributed by atoms with Crippen LogP contribution in [0.2, 0.25) is 19.6 Å². The number of hydrogen-bond donors (Lipinski definition) is 1. The Labute approximate surface area is 95.1 Å². The van der Waals surface area contributed by atoms with Gasteiger partial charge in [-0.25, -0.2) is 4.39 Å². The molecule has 2 nitrogen and oxygen atoms in total. The SMILES string of the molecule is C[Si](C)(C)C#Cc1cc(F)c(O)c(C=O)c1. The maximum atomic E-state index is 13.2. The van der Waals surface area contributed by atoms with Crippen LogP contribution in [0.25, 0.3) is 0 Å². The second-order valence-electron chi connectivity index (χ2n) is 4.51. The summed E-state index contributed by atoms with van der Waals surface area (Å²) in [6.07, 6.45) is 0.415. The minimum Gasteiger partial charge on any atom is -0.504 e. The number of aromatic hydroxyl groups is 1. The van der Waals surface area contributed by atoms with Crippen LogP contribution in [-0.4, -0.2) is 19.5 Å². The number of phenols is 1. The first-order valence-electron chi connectivity index (χ1n) is 4.84. The predicted octanol–water partition coefficient (Wildman–Crippen LogP) is 2.57. The Balaban J connectivity index is 3.21. The third-order valence-corrected chi connectivity index (χ3v) is 2.68. The first-order valence-corrected chi connectivity index (χ1v) is 8.34. The normalized spacial score (nSPS) is 10.5. The van der Waals surface area contributed by atoms with Crippen molar-refractivity contribution < 1.29 is 14.3 Å². The topological polar surface area (TPSA) is 37.3 Å². The van der Waals surface area contributed by atoms with E-state index in [0.29, 0.717) is 11.8 Å². The van der Waals surface area contributed by atoms with Gasteiger partial charge in [-0.05, 0) is 12.1 Å². The molecular formula is C12H13FO2Si. The zero-order valence-corrected chi connectivity index (χ0v) is 10.5. The van der Waals surface area contributed by atoms with Crippen LogP contribution in [0.15, 0.2) is 12.1 Å². The van der Waals surface area contributed by atoms with Gasteiger partial charge in [-0.2, -0.15) is 0 Å². The Bertz CT molecular complexity index is 478. The van der Waals surface area contributed by atoms with Gasteiger partial charge in [0, 0.05) is 5.56 Å². The van der Waals surface area contributed by atoms with Crippen LogP contribution in [-0.2, 0) is 0 Å². The van der Waals surface area contributed by atoms with Gasteiger partial charge in [0.15, 0.2) is 17.9 Å². The van der Waals surface area contributed by atoms with Gasteiger partial charge in [0.25, 0.3) is 0 Å². The highest BCUT2D eigenvalue weighted by Gasteiger charge is 2.10. The zero-order valence-electron chi connectivity index (χ0n) is 9.47. The van der Waals surface area contributed by atoms with Gasteiger partial charge in [0.1, 0.15) is 8.07 Å². The van der Waals surface area contributed by atoms with Crippen molar-refractivity contribution in [3.8, 4) is 17.2 Å². The standard InChI is InChI=1S/C12H13FO2Si/c1-16(2,3)5-4-9-6-10(8-14)12(15)11(13)7-9/h6-8,15H,1-3H3. The highest BCUT2D eigenvalue weighted by Crippen LogP contribution is 2.21. The first-order chi connectivity index (χ1) is 7.33. The number of benzene rings is 1. The minimum absolute atomic E-state index is 0.0696. The van der Waals surface area contributed by atoms with E-state index in [0.717, 1.165) is 6.07 Å². The Kier molecular flexibility index (Phi) is 3.50. The molecule has 1 N–H and O–H groups in total. The van der Waals surface area contributed by atoms with Crippen molar-refractivity contribution in [3.05, 3.63) is 29.1 Å². The van der Waals surface area contributed by atoms with Gasteiger partial charge in [-0.1, -0.05) is 25.6 Å². The molecule has 4 heteroatoms. The summed E-state index contributed by atoms with van der Waals surface area (Å²) in [6.45, 7) is 6.20. The number of rotatable bonds is 1. The molecule has 0 aliphatic carbocycles. The summed E-state index contributed by atoms with van der Waals surface area (Å²) in [5, 5.41) is 9.20. The van der Waals surface area contributed by atoms with Crippen LogP contribution in [0.4, 0.5) is 4.39 Å². The van der Waals surface area contributed by atoms with Crippen molar-refractivity contribution >= 4 is 14.4 Å². The molecule has 0 bridgehead atoms. The fourth-order valence-corrected chi connectivity index (χ4v) is 1.56. The molecule has 0 atom stereocenters. The van der Waals surface area contributed by atoms with E-state index in [9.17, 15) is 14.3 Å². The van der Waals surface area contributed by atoms with E-state index in [4.69, 9.17) is 0 Å². The van der Waals surface area contributed by atoms with Crippen LogP contribution in [0.3, 0.4) is 0 Å². The molecule has 0 fully saturated rings. The molecule has 0 aromatic heterocycles. The summed E-state index contributed by atoms with van der Waals surface area (Å²) in [6, 6.07) is 2.52. The van der Waals surface area contributed by atoms with E-state index in [-0.39, 0.29) is 5.56 Å². The van der Waals surface area contributed by atoms with Gasteiger partial charge in [-0.3, -0.25) is 4.79 Å². The maximum absolute atomic E-state index is 13.2. The summed E-state index contributed by atoms with van der Waals surface area (Å²) in [7, 11) is -1.53. The van der Waals surface area contributed by atoms with E-state index < -0.39 is 19.6 Å². The molecule has 0 saturated carbocycles. The summed E-state index contributed by atoms with van der Waals surface area (Å²) < 4.78 is 13.2. The van der Waals surface area contributed by atoms with Gasteiger partial charge < -0.3 is 5.11 Å². The lowest BCUT2D eigenvalue weighted by Crippen LogP contribution is -2.16. The monoisotopic (exact) mass is 236 g/mol. The zero-order chi connectivity index (χ0) is 12.3. The van der Waals surface area contributed by atoms with E-state index in [2.05, 4.69) is 31.1 Å². The highest BCUT2D eigenvalue weighted by molar-refractivity contribution is 6.83. The van der Waals surface area contributed by atoms with Gasteiger partial charge in [-0.15, -0.1) is 5.54 Å². The van der Waals surface area contributed by atoms with Crippen molar-refractivity contribution in [3.63, 3.8) is 0 Å². The van der Waals surface area contributed by atoms with E-state index >= 15 is 0 Å². The molecule has 16 heavy (non-hydrogen) atoms. The molecule has 0 spiro atoms. The molecule has 0 radical (unpaired) electrons. The van der Waals surface area contributed by atoms with Crippen LogP contribution in [0.5, 0.6) is 5.75 Å². The van der Waals surface area contributed by atoms with Crippen molar-refractivity contribution in [2.75, 3.05) is 0 Å². The predicted molar refractivity (Wildman–Crippen MR) is 63.7 cm³/mol. The smallest absolute Gasteiger partial charge is 0.166 e. The Morgan fingerprint density at radius 3 is 2.50 bits per heavy atom. The quantitative estimate of drug-likeness (QED) is 0.462. The number of hydrogen-bond acceptors (Lipinski definition) is 2. The Hall–Kier alpha value is -1.60. The second kappa shape index (κ2) is 4.50. The maximum Gasteiger partial charge on any atom is 0.166 e. The Morgan fingerprint density at radius 2 is 2.00 bits per heavy atom. The minimum atomic E-state index is -1.53. The highest BCUT2D eigenvalue weighted by atomic mass is 28.3. The first kappa shape index (κ1) is 12.5. The van der Waals surface area contributed by atoms with Crippen molar-refractivity contribution in [2.24, 2.45) is 0 Å². The lowest BCUT2D eigenvalue weighted by molar-refractivity contribution is 0.112. The van der Waals surface area contributed by atoms with Gasteiger partial charge in [0.05, 0.1) is 5.56 Å². The fraction of sp³-hybridized carbons (Fsp3) is 0.250. The third-order valence-electron chi connectivity index (χ3n) is 1.80. The molecule has 0 heterocycles. The van der Waals surface area contributed by atoms with Crippen molar-refractivity contribution in [2.45, 2.75) is 19.6 Å². The number of phenolic OH excluding ortho intramolecular Hbond substituents is 1. The summed E-state index contributed by atoms with van der Waals surface area (Å²) >= 11 is 0. The number of aldehydes is 1. The molecule has 1 rings (SSSR count). The fourth-order valence-electron chi connectivity index (χ4n) is 1.04. The molecule has 0 aliphatic rings. The summed E-state index contributed by atoms with van der Waals surface area (Å²) in [4.78, 5) is 10.6. The molecule has 0 aliphatic heterocycles. The van der Waals surface area contributed by atoms with Gasteiger partial charge >= 0.3 is 0 Å². The molecular weight excluding hydrogens is 223 g/mol. The second-order valence-corrected chi connectivity index (χ2v) is 9.26. The van der Waals surface area contributed by atoms with E-state index in [1.807, 2.05) is 0 Å². The number of carbonyl (C=O) groups is 1. The molecule has 0 amide bonds. The van der Waals surface area contributed by atoms with Crippen LogP contribution < -0.4 is 0 Å². The van der Waals surface area contributed by atoms with Crippen molar-refractivity contribution in [1.82, 2.24) is 0 Å². The summed E-state index contributed by atoms with van der Waals surface area (Å²) in [5.41, 5.74) is 3.41. The van der Waals surface area contributed by atoms with Gasteiger partial charge in [0.2, 0.25) is 0 Å². The lowest BCUT2D eigenvalue weighted by atomic mass is 10.1. The van der Waals surface area contributed by atoms with Crippen LogP contribution in [0.1, 0.15) is 15.9 Å². The Morgan fingerprint density at radius 1 is 1.38 bits per heavy atom. The van der Waals surface area contributed by atoms with Crippen LogP contribution >= 0.6 is 0 Å². The van der Waals surface area contributed by atoms with Crippen molar-refractivity contribution in [1.29, 1.82) is 0 Å². The molecule has 1 aromatic carbocycles. The molecule has 0 saturated heterocycles. The van der Waals surface area contributed by atoms with E-state index in [1.165, 1.54) is 6.07 Å². The molecule has 84 valence electrons. The largest absolute Gasteiger partial charge is 0.504 e. The number of halogens is 1. The number of carbonyl (C=O) groups excluding carboxylic acids is 1. The van der Waals surface area contributed by atoms with Crippen LogP contribution in [0, 0.1) is 17.3 Å². The summed E-state index contributed by atoms with van der Waals surface area (Å²) in [5.74, 6) is 1.40. The average Bonchev–Trinajstić information content (AvgIpc) is 2.18. The third kappa shape index (κ3) is 3.21. The lowest BCUT2D eigenvalue weighted by Gasteiger charge is -2.04. The average molecular weight is 236 g/mol. The molecule has 0 unspecified atom stereocenters. The van der Waals surface area contributed by atoms with E-state index in [1.54, 1.807) is 0 Å². The molecule has 1 aromatic rings.